The van der Waals surface area contributed by atoms with Crippen molar-refractivity contribution >= 4 is 17.7 Å². The molecule has 4 heteroatoms. The van der Waals surface area contributed by atoms with Crippen LogP contribution in [0.1, 0.15) is 12.8 Å². The highest BCUT2D eigenvalue weighted by Crippen LogP contribution is 2.41. The molecule has 0 bridgehead atoms. The molecule has 2 atom stereocenters. The molecule has 0 radical (unpaired) electrons. The highest BCUT2D eigenvalue weighted by molar-refractivity contribution is 8.00. The quantitative estimate of drug-likeness (QED) is 0.805. The molecule has 1 aromatic rings. The fraction of sp³-hybridized carbons (Fsp3) is 0.364. The number of benzene rings is 1. The highest BCUT2D eigenvalue weighted by Gasteiger charge is 2.54. The molecule has 0 amide bonds. The van der Waals surface area contributed by atoms with E-state index in [0.29, 0.717) is 6.42 Å². The first-order valence-electron chi connectivity index (χ1n) is 4.93. The summed E-state index contributed by atoms with van der Waals surface area (Å²) in [5, 5.41) is 9.17. The van der Waals surface area contributed by atoms with Crippen LogP contribution in [0.3, 0.4) is 0 Å². The Morgan fingerprint density at radius 2 is 2.13 bits per heavy atom. The molecule has 1 saturated carbocycles. The van der Waals surface area contributed by atoms with Gasteiger partial charge in [0.2, 0.25) is 5.54 Å². The number of rotatable bonds is 3. The molecular formula is C11H14NO2S+. The summed E-state index contributed by atoms with van der Waals surface area (Å²) in [6, 6.07) is 9.90. The molecule has 0 saturated heterocycles. The van der Waals surface area contributed by atoms with Crippen molar-refractivity contribution in [2.75, 3.05) is 0 Å². The van der Waals surface area contributed by atoms with Crippen LogP contribution in [0.25, 0.3) is 0 Å². The number of carboxylic acid groups (broad SMARTS) is 1. The molecule has 3 nitrogen and oxygen atoms in total. The van der Waals surface area contributed by atoms with Crippen LogP contribution in [0, 0.1) is 0 Å². The number of hydrogen-bond donors (Lipinski definition) is 2. The fourth-order valence-electron chi connectivity index (χ4n) is 1.69. The van der Waals surface area contributed by atoms with Gasteiger partial charge in [-0.25, -0.2) is 4.79 Å². The Balaban J connectivity index is 2.06. The molecule has 0 unspecified atom stereocenters. The van der Waals surface area contributed by atoms with Crippen molar-refractivity contribution in [3.05, 3.63) is 30.3 Å². The Kier molecular flexibility index (Phi) is 2.71. The summed E-state index contributed by atoms with van der Waals surface area (Å²) in [4.78, 5) is 12.1. The van der Waals surface area contributed by atoms with Crippen molar-refractivity contribution in [2.24, 2.45) is 0 Å². The Morgan fingerprint density at radius 1 is 1.47 bits per heavy atom. The summed E-state index contributed by atoms with van der Waals surface area (Å²) in [7, 11) is 0. The number of thioether (sulfide) groups is 1. The Labute approximate surface area is 92.7 Å². The third-order valence-corrected chi connectivity index (χ3v) is 4.43. The summed E-state index contributed by atoms with van der Waals surface area (Å²) < 4.78 is 0. The van der Waals surface area contributed by atoms with Gasteiger partial charge in [0, 0.05) is 11.3 Å². The van der Waals surface area contributed by atoms with Crippen molar-refractivity contribution in [1.29, 1.82) is 0 Å². The van der Waals surface area contributed by atoms with Gasteiger partial charge >= 0.3 is 5.97 Å². The standard InChI is InChI=1S/C11H13NO2S/c12-11(10(13)14)7-6-9(11)15-8-4-2-1-3-5-8/h1-5,9H,6-7,12H2,(H,13,14)/p+1/t9-,11+/m1/s1. The highest BCUT2D eigenvalue weighted by atomic mass is 32.2. The lowest BCUT2D eigenvalue weighted by molar-refractivity contribution is -0.478. The minimum atomic E-state index is -0.777. The van der Waals surface area contributed by atoms with E-state index in [9.17, 15) is 4.79 Å². The molecule has 0 spiro atoms. The topological polar surface area (TPSA) is 64.9 Å². The normalized spacial score (nSPS) is 29.5. The van der Waals surface area contributed by atoms with E-state index < -0.39 is 11.5 Å². The maximum absolute atomic E-state index is 11.0. The molecule has 0 heterocycles. The second-order valence-electron chi connectivity index (χ2n) is 3.92. The van der Waals surface area contributed by atoms with E-state index in [1.165, 1.54) is 0 Å². The van der Waals surface area contributed by atoms with Gasteiger partial charge in [-0.3, -0.25) is 0 Å². The Hall–Kier alpha value is -1.00. The minimum absolute atomic E-state index is 0.109. The first-order valence-corrected chi connectivity index (χ1v) is 5.81. The van der Waals surface area contributed by atoms with Gasteiger partial charge in [-0.1, -0.05) is 18.2 Å². The smallest absolute Gasteiger partial charge is 0.366 e. The molecule has 1 aliphatic rings. The van der Waals surface area contributed by atoms with Crippen LogP contribution < -0.4 is 5.73 Å². The molecule has 2 rings (SSSR count). The summed E-state index contributed by atoms with van der Waals surface area (Å²) in [5.41, 5.74) is 3.05. The van der Waals surface area contributed by atoms with Gasteiger partial charge in [-0.05, 0) is 18.6 Å². The van der Waals surface area contributed by atoms with Gasteiger partial charge in [-0.2, -0.15) is 0 Å². The van der Waals surface area contributed by atoms with E-state index in [2.05, 4.69) is 5.73 Å². The summed E-state index contributed by atoms with van der Waals surface area (Å²) in [6.45, 7) is 0. The van der Waals surface area contributed by atoms with Gasteiger partial charge in [0.05, 0.1) is 5.25 Å². The summed E-state index contributed by atoms with van der Waals surface area (Å²) >= 11 is 1.62. The van der Waals surface area contributed by atoms with Gasteiger partial charge in [0.1, 0.15) is 0 Å². The Morgan fingerprint density at radius 3 is 2.60 bits per heavy atom. The van der Waals surface area contributed by atoms with E-state index in [4.69, 9.17) is 5.11 Å². The van der Waals surface area contributed by atoms with Crippen molar-refractivity contribution in [2.45, 2.75) is 28.5 Å². The molecular weight excluding hydrogens is 210 g/mol. The number of hydrogen-bond acceptors (Lipinski definition) is 2. The summed E-state index contributed by atoms with van der Waals surface area (Å²) in [6.07, 6.45) is 1.63. The zero-order valence-corrected chi connectivity index (χ0v) is 9.17. The molecule has 1 aliphatic carbocycles. The van der Waals surface area contributed by atoms with Crippen molar-refractivity contribution < 1.29 is 15.6 Å². The molecule has 4 N–H and O–H groups in total. The fourth-order valence-corrected chi connectivity index (χ4v) is 3.01. The number of carboxylic acids is 1. The van der Waals surface area contributed by atoms with Gasteiger partial charge in [0.15, 0.2) is 0 Å². The van der Waals surface area contributed by atoms with Gasteiger partial charge < -0.3 is 10.8 Å². The van der Waals surface area contributed by atoms with E-state index >= 15 is 0 Å². The molecule has 15 heavy (non-hydrogen) atoms. The predicted molar refractivity (Wildman–Crippen MR) is 58.6 cm³/mol. The zero-order chi connectivity index (χ0) is 10.9. The average molecular weight is 224 g/mol. The molecule has 0 aliphatic heterocycles. The van der Waals surface area contributed by atoms with Gasteiger partial charge in [-0.15, -0.1) is 11.8 Å². The van der Waals surface area contributed by atoms with Crippen molar-refractivity contribution in [3.63, 3.8) is 0 Å². The van der Waals surface area contributed by atoms with Crippen LogP contribution in [-0.2, 0) is 4.79 Å². The van der Waals surface area contributed by atoms with E-state index in [0.717, 1.165) is 11.3 Å². The largest absolute Gasteiger partial charge is 0.477 e. The van der Waals surface area contributed by atoms with E-state index in [1.54, 1.807) is 11.8 Å². The van der Waals surface area contributed by atoms with Crippen LogP contribution in [0.2, 0.25) is 0 Å². The number of quaternary nitrogens is 1. The summed E-state index contributed by atoms with van der Waals surface area (Å²) in [5.74, 6) is -0.776. The van der Waals surface area contributed by atoms with Gasteiger partial charge in [0.25, 0.3) is 0 Å². The lowest BCUT2D eigenvalue weighted by Gasteiger charge is -2.38. The van der Waals surface area contributed by atoms with Crippen LogP contribution in [0.5, 0.6) is 0 Å². The van der Waals surface area contributed by atoms with E-state index in [-0.39, 0.29) is 5.25 Å². The minimum Gasteiger partial charge on any atom is -0.477 e. The van der Waals surface area contributed by atoms with Crippen LogP contribution in [0.4, 0.5) is 0 Å². The average Bonchev–Trinajstić information content (AvgIpc) is 2.24. The third kappa shape index (κ3) is 1.87. The van der Waals surface area contributed by atoms with Crippen molar-refractivity contribution in [1.82, 2.24) is 0 Å². The first kappa shape index (κ1) is 10.5. The Bertz CT molecular complexity index is 368. The maximum atomic E-state index is 11.0. The van der Waals surface area contributed by atoms with Crippen LogP contribution >= 0.6 is 11.8 Å². The number of aliphatic carboxylic acids is 1. The van der Waals surface area contributed by atoms with E-state index in [1.807, 2.05) is 30.3 Å². The lowest BCUT2D eigenvalue weighted by Crippen LogP contribution is -2.85. The SMILES string of the molecule is [NH3+][C@@]1(C(=O)O)CC[C@H]1Sc1ccccc1. The van der Waals surface area contributed by atoms with Crippen molar-refractivity contribution in [3.8, 4) is 0 Å². The maximum Gasteiger partial charge on any atom is 0.366 e. The first-order chi connectivity index (χ1) is 7.13. The molecule has 1 fully saturated rings. The predicted octanol–water partition coefficient (Wildman–Crippen LogP) is 1.01. The number of carbonyl (C=O) groups is 1. The monoisotopic (exact) mass is 224 g/mol. The zero-order valence-electron chi connectivity index (χ0n) is 8.35. The molecule has 0 aromatic heterocycles. The molecule has 80 valence electrons. The third-order valence-electron chi connectivity index (χ3n) is 2.92. The lowest BCUT2D eigenvalue weighted by atomic mass is 9.77. The second-order valence-corrected chi connectivity index (χ2v) is 5.20. The van der Waals surface area contributed by atoms with Crippen LogP contribution in [-0.4, -0.2) is 21.9 Å². The second kappa shape index (κ2) is 3.87. The molecule has 1 aromatic carbocycles. The van der Waals surface area contributed by atoms with Crippen LogP contribution in [0.15, 0.2) is 35.2 Å².